The van der Waals surface area contributed by atoms with E-state index in [1.165, 1.54) is 42.1 Å². The summed E-state index contributed by atoms with van der Waals surface area (Å²) in [5, 5.41) is 11.4. The van der Waals surface area contributed by atoms with Crippen LogP contribution in [0.25, 0.3) is 6.08 Å². The van der Waals surface area contributed by atoms with Crippen molar-refractivity contribution < 1.29 is 19.1 Å². The van der Waals surface area contributed by atoms with Crippen molar-refractivity contribution in [2.24, 2.45) is 0 Å². The summed E-state index contributed by atoms with van der Waals surface area (Å²) in [5.74, 6) is -1.50. The highest BCUT2D eigenvalue weighted by atomic mass is 35.5. The fourth-order valence-electron chi connectivity index (χ4n) is 1.50. The third-order valence-corrected chi connectivity index (χ3v) is 3.53. The van der Waals surface area contributed by atoms with Crippen LogP contribution in [0.1, 0.15) is 12.0 Å². The van der Waals surface area contributed by atoms with Crippen LogP contribution < -0.4 is 5.32 Å². The van der Waals surface area contributed by atoms with Gasteiger partial charge >= 0.3 is 5.97 Å². The van der Waals surface area contributed by atoms with Gasteiger partial charge in [0.15, 0.2) is 0 Å². The SMILES string of the molecule is CSCC[C@H](NC(=O)/C=C/c1ccc(F)c(Cl)c1)C(=O)O. The number of carbonyl (C=O) groups excluding carboxylic acids is 1. The third-order valence-electron chi connectivity index (χ3n) is 2.60. The Bertz CT molecular complexity index is 551. The molecule has 1 aromatic rings. The molecule has 4 nitrogen and oxygen atoms in total. The fraction of sp³-hybridized carbons (Fsp3) is 0.286. The Balaban J connectivity index is 2.64. The standard InChI is InChI=1S/C14H15ClFNO3S/c1-21-7-6-12(14(19)20)17-13(18)5-3-9-2-4-11(16)10(15)8-9/h2-5,8,12H,6-7H2,1H3,(H,17,18)(H,19,20)/b5-3+/t12-/m0/s1. The Hall–Kier alpha value is -1.53. The van der Waals surface area contributed by atoms with Gasteiger partial charge in [-0.3, -0.25) is 4.79 Å². The van der Waals surface area contributed by atoms with Crippen molar-refractivity contribution in [2.45, 2.75) is 12.5 Å². The first-order valence-corrected chi connectivity index (χ1v) is 7.86. The molecule has 0 fully saturated rings. The number of halogens is 2. The number of benzene rings is 1. The van der Waals surface area contributed by atoms with Crippen LogP contribution in [-0.4, -0.2) is 35.0 Å². The Kier molecular flexibility index (Phi) is 7.25. The number of thioether (sulfide) groups is 1. The monoisotopic (exact) mass is 331 g/mol. The molecule has 1 aromatic carbocycles. The molecule has 1 atom stereocenters. The second-order valence-corrected chi connectivity index (χ2v) is 5.58. The van der Waals surface area contributed by atoms with Gasteiger partial charge in [-0.15, -0.1) is 0 Å². The van der Waals surface area contributed by atoms with E-state index < -0.39 is 23.7 Å². The van der Waals surface area contributed by atoms with Crippen LogP contribution in [0, 0.1) is 5.82 Å². The Morgan fingerprint density at radius 3 is 2.81 bits per heavy atom. The highest BCUT2D eigenvalue weighted by molar-refractivity contribution is 7.98. The Morgan fingerprint density at radius 2 is 2.24 bits per heavy atom. The van der Waals surface area contributed by atoms with Gasteiger partial charge in [0.1, 0.15) is 11.9 Å². The highest BCUT2D eigenvalue weighted by Gasteiger charge is 2.17. The lowest BCUT2D eigenvalue weighted by Gasteiger charge is -2.12. The van der Waals surface area contributed by atoms with Crippen molar-refractivity contribution in [1.29, 1.82) is 0 Å². The molecule has 0 unspecified atom stereocenters. The molecule has 0 saturated heterocycles. The summed E-state index contributed by atoms with van der Waals surface area (Å²) in [6.07, 6.45) is 4.84. The van der Waals surface area contributed by atoms with Gasteiger partial charge in [0.25, 0.3) is 0 Å². The quantitative estimate of drug-likeness (QED) is 0.754. The summed E-state index contributed by atoms with van der Waals surface area (Å²) < 4.78 is 13.0. The molecule has 21 heavy (non-hydrogen) atoms. The summed E-state index contributed by atoms with van der Waals surface area (Å²) in [6, 6.07) is 3.11. The zero-order valence-electron chi connectivity index (χ0n) is 11.3. The largest absolute Gasteiger partial charge is 0.480 e. The number of nitrogens with one attached hydrogen (secondary N) is 1. The van der Waals surface area contributed by atoms with Gasteiger partial charge in [-0.2, -0.15) is 11.8 Å². The van der Waals surface area contributed by atoms with Gasteiger partial charge in [0.05, 0.1) is 5.02 Å². The summed E-state index contributed by atoms with van der Waals surface area (Å²) in [6.45, 7) is 0. The number of amides is 1. The van der Waals surface area contributed by atoms with Crippen LogP contribution in [0.5, 0.6) is 0 Å². The molecule has 0 aromatic heterocycles. The predicted molar refractivity (Wildman–Crippen MR) is 83.0 cm³/mol. The average Bonchev–Trinajstić information content (AvgIpc) is 2.44. The van der Waals surface area contributed by atoms with E-state index in [0.717, 1.165) is 0 Å². The molecule has 0 spiro atoms. The molecule has 0 radical (unpaired) electrons. The molecule has 114 valence electrons. The molecular formula is C14H15ClFNO3S. The summed E-state index contributed by atoms with van der Waals surface area (Å²) in [4.78, 5) is 22.7. The molecule has 7 heteroatoms. The highest BCUT2D eigenvalue weighted by Crippen LogP contribution is 2.16. The number of hydrogen-bond donors (Lipinski definition) is 2. The Morgan fingerprint density at radius 1 is 1.52 bits per heavy atom. The van der Waals surface area contributed by atoms with Crippen molar-refractivity contribution in [2.75, 3.05) is 12.0 Å². The van der Waals surface area contributed by atoms with Gasteiger partial charge in [-0.05, 0) is 42.2 Å². The summed E-state index contributed by atoms with van der Waals surface area (Å²) >= 11 is 7.13. The van der Waals surface area contributed by atoms with Crippen molar-refractivity contribution in [3.8, 4) is 0 Å². The van der Waals surface area contributed by atoms with E-state index in [0.29, 0.717) is 17.7 Å². The third kappa shape index (κ3) is 6.18. The molecule has 0 aliphatic rings. The average molecular weight is 332 g/mol. The van der Waals surface area contributed by atoms with Crippen molar-refractivity contribution in [1.82, 2.24) is 5.32 Å². The molecule has 0 aliphatic carbocycles. The summed E-state index contributed by atoms with van der Waals surface area (Å²) in [7, 11) is 0. The maximum atomic E-state index is 13.0. The topological polar surface area (TPSA) is 66.4 Å². The number of hydrogen-bond acceptors (Lipinski definition) is 3. The van der Waals surface area contributed by atoms with Gasteiger partial charge in [-0.1, -0.05) is 17.7 Å². The van der Waals surface area contributed by atoms with Crippen LogP contribution >= 0.6 is 23.4 Å². The minimum atomic E-state index is -1.07. The summed E-state index contributed by atoms with van der Waals surface area (Å²) in [5.41, 5.74) is 0.549. The van der Waals surface area contributed by atoms with E-state index in [2.05, 4.69) is 5.32 Å². The van der Waals surface area contributed by atoms with Crippen molar-refractivity contribution >= 4 is 41.3 Å². The van der Waals surface area contributed by atoms with Gasteiger partial charge < -0.3 is 10.4 Å². The van der Waals surface area contributed by atoms with Crippen molar-refractivity contribution in [3.05, 3.63) is 40.7 Å². The van der Waals surface area contributed by atoms with E-state index in [9.17, 15) is 14.0 Å². The van der Waals surface area contributed by atoms with E-state index in [-0.39, 0.29) is 5.02 Å². The lowest BCUT2D eigenvalue weighted by atomic mass is 10.2. The molecule has 0 aliphatic heterocycles. The lowest BCUT2D eigenvalue weighted by molar-refractivity contribution is -0.141. The van der Waals surface area contributed by atoms with E-state index in [1.807, 2.05) is 6.26 Å². The van der Waals surface area contributed by atoms with Gasteiger partial charge in [0, 0.05) is 6.08 Å². The first-order valence-electron chi connectivity index (χ1n) is 6.09. The predicted octanol–water partition coefficient (Wildman–Crippen LogP) is 2.81. The minimum absolute atomic E-state index is 0.0408. The maximum absolute atomic E-state index is 13.0. The zero-order chi connectivity index (χ0) is 15.8. The molecule has 1 rings (SSSR count). The molecule has 1 amide bonds. The van der Waals surface area contributed by atoms with E-state index >= 15 is 0 Å². The first-order chi connectivity index (χ1) is 9.93. The van der Waals surface area contributed by atoms with Crippen LogP contribution in [0.15, 0.2) is 24.3 Å². The van der Waals surface area contributed by atoms with Gasteiger partial charge in [-0.25, -0.2) is 9.18 Å². The van der Waals surface area contributed by atoms with Crippen molar-refractivity contribution in [3.63, 3.8) is 0 Å². The van der Waals surface area contributed by atoms with Crippen LogP contribution in [0.4, 0.5) is 4.39 Å². The van der Waals surface area contributed by atoms with E-state index in [4.69, 9.17) is 16.7 Å². The molecular weight excluding hydrogens is 317 g/mol. The van der Waals surface area contributed by atoms with Crippen LogP contribution in [0.2, 0.25) is 5.02 Å². The number of aliphatic carboxylic acids is 1. The molecule has 0 heterocycles. The molecule has 0 saturated carbocycles. The zero-order valence-corrected chi connectivity index (χ0v) is 12.9. The molecule has 0 bridgehead atoms. The van der Waals surface area contributed by atoms with Crippen LogP contribution in [-0.2, 0) is 9.59 Å². The second-order valence-electron chi connectivity index (χ2n) is 4.19. The maximum Gasteiger partial charge on any atom is 0.326 e. The minimum Gasteiger partial charge on any atom is -0.480 e. The van der Waals surface area contributed by atoms with Gasteiger partial charge in [0.2, 0.25) is 5.91 Å². The fourth-order valence-corrected chi connectivity index (χ4v) is 2.16. The second kappa shape index (κ2) is 8.69. The number of carbonyl (C=O) groups is 2. The number of carboxylic acid groups (broad SMARTS) is 1. The number of carboxylic acids is 1. The molecule has 2 N–H and O–H groups in total. The first kappa shape index (κ1) is 17.5. The number of rotatable bonds is 7. The lowest BCUT2D eigenvalue weighted by Crippen LogP contribution is -2.40. The van der Waals surface area contributed by atoms with Crippen LogP contribution in [0.3, 0.4) is 0 Å². The van der Waals surface area contributed by atoms with E-state index in [1.54, 1.807) is 0 Å². The smallest absolute Gasteiger partial charge is 0.326 e. The Labute approximate surface area is 131 Å². The normalized spacial score (nSPS) is 12.3.